The molecule has 0 aliphatic carbocycles. The molecule has 0 saturated carbocycles. The zero-order valence-corrected chi connectivity index (χ0v) is 12.6. The number of alkyl halides is 2. The summed E-state index contributed by atoms with van der Waals surface area (Å²) in [6.45, 7) is -2.11. The van der Waals surface area contributed by atoms with Crippen LogP contribution in [0.25, 0.3) is 0 Å². The molecule has 0 heterocycles. The molecule has 2 rings (SSSR count). The number of ether oxygens (including phenoxy) is 2. The lowest BCUT2D eigenvalue weighted by Crippen LogP contribution is -2.30. The van der Waals surface area contributed by atoms with Crippen molar-refractivity contribution in [2.45, 2.75) is 6.61 Å². The molecule has 0 fully saturated rings. The van der Waals surface area contributed by atoms with Gasteiger partial charge >= 0.3 is 6.61 Å². The highest BCUT2D eigenvalue weighted by molar-refractivity contribution is 5.94. The van der Waals surface area contributed by atoms with Gasteiger partial charge in [0.15, 0.2) is 0 Å². The van der Waals surface area contributed by atoms with E-state index in [0.717, 1.165) is 5.75 Å². The van der Waals surface area contributed by atoms with Crippen molar-refractivity contribution in [3.05, 3.63) is 60.2 Å². The lowest BCUT2D eigenvalue weighted by molar-refractivity contribution is -0.0498. The minimum absolute atomic E-state index is 0.0200. The Labute approximate surface area is 133 Å². The highest BCUT2D eigenvalue weighted by Crippen LogP contribution is 2.16. The van der Waals surface area contributed by atoms with E-state index in [1.165, 1.54) is 29.2 Å². The van der Waals surface area contributed by atoms with Gasteiger partial charge in [0, 0.05) is 12.6 Å². The molecule has 4 nitrogen and oxygen atoms in total. The van der Waals surface area contributed by atoms with Gasteiger partial charge in [0.05, 0.1) is 6.54 Å². The first-order chi connectivity index (χ1) is 11.1. The summed E-state index contributed by atoms with van der Waals surface area (Å²) < 4.78 is 33.9. The molecule has 0 radical (unpaired) electrons. The van der Waals surface area contributed by atoms with Crippen LogP contribution in [-0.2, 0) is 0 Å². The lowest BCUT2D eigenvalue weighted by Gasteiger charge is -2.17. The average Bonchev–Trinajstić information content (AvgIpc) is 2.55. The van der Waals surface area contributed by atoms with Gasteiger partial charge in [-0.2, -0.15) is 8.78 Å². The van der Waals surface area contributed by atoms with Gasteiger partial charge in [-0.1, -0.05) is 18.2 Å². The molecule has 0 aromatic heterocycles. The number of hydrogen-bond donors (Lipinski definition) is 0. The summed E-state index contributed by atoms with van der Waals surface area (Å²) in [6, 6.07) is 14.9. The van der Waals surface area contributed by atoms with E-state index in [9.17, 15) is 13.6 Å². The molecule has 2 aromatic carbocycles. The van der Waals surface area contributed by atoms with Crippen LogP contribution in [-0.4, -0.2) is 37.6 Å². The van der Waals surface area contributed by atoms with Gasteiger partial charge in [-0.3, -0.25) is 4.79 Å². The molecule has 0 spiro atoms. The van der Waals surface area contributed by atoms with Crippen LogP contribution in [0.2, 0.25) is 0 Å². The van der Waals surface area contributed by atoms with Gasteiger partial charge in [0.1, 0.15) is 18.1 Å². The highest BCUT2D eigenvalue weighted by atomic mass is 19.3. The van der Waals surface area contributed by atoms with Crippen LogP contribution in [0, 0.1) is 0 Å². The third kappa shape index (κ3) is 5.25. The Bertz CT molecular complexity index is 617. The summed E-state index contributed by atoms with van der Waals surface area (Å²) in [5.41, 5.74) is 0.397. The number of nitrogens with zero attached hydrogens (tertiary/aromatic N) is 1. The van der Waals surface area contributed by atoms with E-state index in [1.54, 1.807) is 7.05 Å². The maximum atomic E-state index is 12.2. The minimum Gasteiger partial charge on any atom is -0.492 e. The van der Waals surface area contributed by atoms with Crippen molar-refractivity contribution in [2.75, 3.05) is 20.2 Å². The standard InChI is InChI=1S/C17H17F2NO3/c1-20(11-12-22-14-5-3-2-4-6-14)16(21)13-7-9-15(10-8-13)23-17(18)19/h2-10,17H,11-12H2,1H3. The van der Waals surface area contributed by atoms with Crippen LogP contribution in [0.3, 0.4) is 0 Å². The molecule has 2 aromatic rings. The molecule has 0 aliphatic heterocycles. The second-order valence-corrected chi connectivity index (χ2v) is 4.79. The number of hydrogen-bond acceptors (Lipinski definition) is 3. The monoisotopic (exact) mass is 321 g/mol. The number of amides is 1. The molecule has 23 heavy (non-hydrogen) atoms. The van der Waals surface area contributed by atoms with Crippen molar-refractivity contribution in [1.29, 1.82) is 0 Å². The van der Waals surface area contributed by atoms with E-state index in [2.05, 4.69) is 4.74 Å². The first-order valence-electron chi connectivity index (χ1n) is 7.04. The molecule has 0 aliphatic rings. The van der Waals surface area contributed by atoms with Gasteiger partial charge < -0.3 is 14.4 Å². The Hall–Kier alpha value is -2.63. The van der Waals surface area contributed by atoms with Crippen LogP contribution < -0.4 is 9.47 Å². The third-order valence-corrected chi connectivity index (χ3v) is 3.11. The van der Waals surface area contributed by atoms with E-state index in [1.807, 2.05) is 30.3 Å². The van der Waals surface area contributed by atoms with Crippen molar-refractivity contribution < 1.29 is 23.0 Å². The minimum atomic E-state index is -2.88. The smallest absolute Gasteiger partial charge is 0.387 e. The Morgan fingerprint density at radius 2 is 1.70 bits per heavy atom. The zero-order chi connectivity index (χ0) is 16.7. The van der Waals surface area contributed by atoms with Crippen LogP contribution in [0.15, 0.2) is 54.6 Å². The number of benzene rings is 2. The zero-order valence-electron chi connectivity index (χ0n) is 12.6. The van der Waals surface area contributed by atoms with Crippen molar-refractivity contribution >= 4 is 5.91 Å². The maximum Gasteiger partial charge on any atom is 0.387 e. The first kappa shape index (κ1) is 16.7. The number of likely N-dealkylation sites (N-methyl/N-ethyl adjacent to an activating group) is 1. The summed E-state index contributed by atoms with van der Waals surface area (Å²) in [7, 11) is 1.65. The number of carbonyl (C=O) groups excluding carboxylic acids is 1. The van der Waals surface area contributed by atoms with Crippen LogP contribution in [0.4, 0.5) is 8.78 Å². The Kier molecular flexibility index (Phi) is 5.91. The predicted octanol–water partition coefficient (Wildman–Crippen LogP) is 3.44. The van der Waals surface area contributed by atoms with Crippen LogP contribution in [0.5, 0.6) is 11.5 Å². The van der Waals surface area contributed by atoms with E-state index in [-0.39, 0.29) is 11.7 Å². The van der Waals surface area contributed by atoms with Gasteiger partial charge in [-0.05, 0) is 36.4 Å². The lowest BCUT2D eigenvalue weighted by atomic mass is 10.2. The summed E-state index contributed by atoms with van der Waals surface area (Å²) >= 11 is 0. The van der Waals surface area contributed by atoms with Crippen molar-refractivity contribution in [3.63, 3.8) is 0 Å². The second kappa shape index (κ2) is 8.12. The quantitative estimate of drug-likeness (QED) is 0.784. The van der Waals surface area contributed by atoms with Gasteiger partial charge in [0.25, 0.3) is 5.91 Å². The average molecular weight is 321 g/mol. The molecular weight excluding hydrogens is 304 g/mol. The molecular formula is C17H17F2NO3. The third-order valence-electron chi connectivity index (χ3n) is 3.11. The Morgan fingerprint density at radius 1 is 1.04 bits per heavy atom. The van der Waals surface area contributed by atoms with E-state index >= 15 is 0 Å². The molecule has 1 amide bonds. The normalized spacial score (nSPS) is 10.4. The largest absolute Gasteiger partial charge is 0.492 e. The fourth-order valence-corrected chi connectivity index (χ4v) is 1.92. The molecule has 0 bridgehead atoms. The van der Waals surface area contributed by atoms with E-state index < -0.39 is 6.61 Å². The fraction of sp³-hybridized carbons (Fsp3) is 0.235. The van der Waals surface area contributed by atoms with Gasteiger partial charge in [0.2, 0.25) is 0 Å². The highest BCUT2D eigenvalue weighted by Gasteiger charge is 2.12. The van der Waals surface area contributed by atoms with Crippen LogP contribution in [0.1, 0.15) is 10.4 Å². The molecule has 0 unspecified atom stereocenters. The number of halogens is 2. The molecule has 122 valence electrons. The van der Waals surface area contributed by atoms with Crippen molar-refractivity contribution in [3.8, 4) is 11.5 Å². The summed E-state index contributed by atoms with van der Waals surface area (Å²) in [5, 5.41) is 0. The Balaban J connectivity index is 1.84. The number of rotatable bonds is 7. The van der Waals surface area contributed by atoms with Crippen molar-refractivity contribution in [1.82, 2.24) is 4.90 Å². The fourth-order valence-electron chi connectivity index (χ4n) is 1.92. The molecule has 0 saturated heterocycles. The van der Waals surface area contributed by atoms with Crippen molar-refractivity contribution in [2.24, 2.45) is 0 Å². The summed E-state index contributed by atoms with van der Waals surface area (Å²) in [6.07, 6.45) is 0. The second-order valence-electron chi connectivity index (χ2n) is 4.79. The van der Waals surface area contributed by atoms with Gasteiger partial charge in [-0.15, -0.1) is 0 Å². The Morgan fingerprint density at radius 3 is 2.30 bits per heavy atom. The van der Waals surface area contributed by atoms with Gasteiger partial charge in [-0.25, -0.2) is 0 Å². The molecule has 0 atom stereocenters. The number of carbonyl (C=O) groups is 1. The van der Waals surface area contributed by atoms with E-state index in [4.69, 9.17) is 4.74 Å². The summed E-state index contributed by atoms with van der Waals surface area (Å²) in [4.78, 5) is 13.7. The SMILES string of the molecule is CN(CCOc1ccccc1)C(=O)c1ccc(OC(F)F)cc1. The molecule has 0 N–H and O–H groups in total. The maximum absolute atomic E-state index is 12.2. The predicted molar refractivity (Wildman–Crippen MR) is 82.0 cm³/mol. The molecule has 6 heteroatoms. The summed E-state index contributed by atoms with van der Waals surface area (Å²) in [5.74, 6) is 0.540. The van der Waals surface area contributed by atoms with E-state index in [0.29, 0.717) is 18.7 Å². The number of para-hydroxylation sites is 1. The topological polar surface area (TPSA) is 38.8 Å². The van der Waals surface area contributed by atoms with Crippen LogP contribution >= 0.6 is 0 Å². The first-order valence-corrected chi connectivity index (χ1v) is 7.04.